The maximum atomic E-state index is 5.89. The summed E-state index contributed by atoms with van der Waals surface area (Å²) in [6, 6.07) is 9.69. The fourth-order valence-corrected chi connectivity index (χ4v) is 4.78. The summed E-state index contributed by atoms with van der Waals surface area (Å²) in [5.74, 6) is 1.18. The van der Waals surface area contributed by atoms with Crippen LogP contribution >= 0.6 is 23.1 Å². The molecule has 2 unspecified atom stereocenters. The van der Waals surface area contributed by atoms with Crippen LogP contribution in [0.3, 0.4) is 0 Å². The van der Waals surface area contributed by atoms with E-state index < -0.39 is 0 Å². The van der Waals surface area contributed by atoms with Crippen LogP contribution in [0.1, 0.15) is 30.8 Å². The van der Waals surface area contributed by atoms with Crippen molar-refractivity contribution < 1.29 is 4.74 Å². The first-order valence-electron chi connectivity index (χ1n) is 9.35. The number of hydrogen-bond donors (Lipinski definition) is 3. The molecule has 0 radical (unpaired) electrons. The number of hydrogen-bond acceptors (Lipinski definition) is 11. The lowest BCUT2D eigenvalue weighted by molar-refractivity contribution is 0.120. The molecule has 0 amide bonds. The number of nitrogens with zero attached hydrogens (tertiary/aromatic N) is 5. The molecule has 1 saturated heterocycles. The van der Waals surface area contributed by atoms with Gasteiger partial charge >= 0.3 is 0 Å². The van der Waals surface area contributed by atoms with E-state index in [2.05, 4.69) is 35.8 Å². The Morgan fingerprint density at radius 2 is 2.10 bits per heavy atom. The van der Waals surface area contributed by atoms with Crippen molar-refractivity contribution in [2.75, 3.05) is 29.5 Å². The van der Waals surface area contributed by atoms with Crippen molar-refractivity contribution in [1.82, 2.24) is 25.1 Å². The Hall–Kier alpha value is -2.50. The molecule has 29 heavy (non-hydrogen) atoms. The van der Waals surface area contributed by atoms with E-state index in [9.17, 15) is 0 Å². The number of aromatic nitrogens is 5. The molecule has 0 aliphatic carbocycles. The Labute approximate surface area is 176 Å². The van der Waals surface area contributed by atoms with Gasteiger partial charge < -0.3 is 21.1 Å². The third-order valence-corrected chi connectivity index (χ3v) is 6.31. The summed E-state index contributed by atoms with van der Waals surface area (Å²) in [6.45, 7) is 3.61. The standard InChI is InChI=1S/C18H22N8OS2/c1-11(28-18-26-25-17(29-18)20-10-13-8-5-9-27-13)14-22-15(19)24-16(23-14)21-12-6-3-2-4-7-12/h2-4,6-7,11,13H,5,8-10H2,1H3,(H,20,25)(H3,19,21,22,23,24). The summed E-state index contributed by atoms with van der Waals surface area (Å²) in [7, 11) is 0. The molecule has 0 spiro atoms. The van der Waals surface area contributed by atoms with E-state index in [0.29, 0.717) is 11.8 Å². The van der Waals surface area contributed by atoms with Gasteiger partial charge in [-0.05, 0) is 31.9 Å². The van der Waals surface area contributed by atoms with Gasteiger partial charge in [-0.15, -0.1) is 10.2 Å². The first-order valence-corrected chi connectivity index (χ1v) is 11.0. The molecule has 2 atom stereocenters. The second-order valence-electron chi connectivity index (χ2n) is 6.52. The molecule has 3 heterocycles. The Kier molecular flexibility index (Phi) is 6.37. The number of benzene rings is 1. The zero-order valence-corrected chi connectivity index (χ0v) is 17.5. The number of nitrogens with one attached hydrogen (secondary N) is 2. The van der Waals surface area contributed by atoms with Crippen molar-refractivity contribution >= 4 is 45.8 Å². The molecular weight excluding hydrogens is 408 g/mol. The summed E-state index contributed by atoms with van der Waals surface area (Å²) in [6.07, 6.45) is 2.47. The van der Waals surface area contributed by atoms with Gasteiger partial charge in [0.2, 0.25) is 17.0 Å². The van der Waals surface area contributed by atoms with Crippen LogP contribution in [0.15, 0.2) is 34.7 Å². The lowest BCUT2D eigenvalue weighted by Gasteiger charge is -2.11. The second-order valence-corrected chi connectivity index (χ2v) is 9.08. The van der Waals surface area contributed by atoms with Crippen LogP contribution in [0.4, 0.5) is 22.7 Å². The molecule has 9 nitrogen and oxygen atoms in total. The van der Waals surface area contributed by atoms with E-state index in [4.69, 9.17) is 10.5 Å². The van der Waals surface area contributed by atoms with Crippen molar-refractivity contribution in [3.63, 3.8) is 0 Å². The smallest absolute Gasteiger partial charge is 0.232 e. The van der Waals surface area contributed by atoms with E-state index >= 15 is 0 Å². The van der Waals surface area contributed by atoms with Crippen molar-refractivity contribution in [2.45, 2.75) is 35.5 Å². The minimum Gasteiger partial charge on any atom is -0.376 e. The predicted octanol–water partition coefficient (Wildman–Crippen LogP) is 3.49. The highest BCUT2D eigenvalue weighted by atomic mass is 32.2. The Morgan fingerprint density at radius 3 is 2.90 bits per heavy atom. The molecule has 2 aromatic heterocycles. The highest BCUT2D eigenvalue weighted by Gasteiger charge is 2.18. The van der Waals surface area contributed by atoms with E-state index in [1.807, 2.05) is 37.3 Å². The quantitative estimate of drug-likeness (QED) is 0.457. The van der Waals surface area contributed by atoms with Crippen molar-refractivity contribution in [3.05, 3.63) is 36.2 Å². The summed E-state index contributed by atoms with van der Waals surface area (Å²) in [4.78, 5) is 13.0. The molecule has 4 N–H and O–H groups in total. The van der Waals surface area contributed by atoms with Gasteiger partial charge in [-0.25, -0.2) is 0 Å². The fraction of sp³-hybridized carbons (Fsp3) is 0.389. The third-order valence-electron chi connectivity index (χ3n) is 4.25. The normalized spacial score (nSPS) is 17.2. The second kappa shape index (κ2) is 9.33. The van der Waals surface area contributed by atoms with E-state index in [1.165, 1.54) is 23.1 Å². The first-order chi connectivity index (χ1) is 14.2. The van der Waals surface area contributed by atoms with Crippen molar-refractivity contribution in [1.29, 1.82) is 0 Å². The summed E-state index contributed by atoms with van der Waals surface area (Å²) < 4.78 is 6.45. The molecule has 4 rings (SSSR count). The Bertz CT molecular complexity index is 933. The van der Waals surface area contributed by atoms with Gasteiger partial charge in [0, 0.05) is 18.8 Å². The zero-order valence-electron chi connectivity index (χ0n) is 15.9. The van der Waals surface area contributed by atoms with Crippen LogP contribution in [0, 0.1) is 0 Å². The third kappa shape index (κ3) is 5.52. The maximum Gasteiger partial charge on any atom is 0.232 e. The topological polar surface area (TPSA) is 124 Å². The molecule has 0 bridgehead atoms. The van der Waals surface area contributed by atoms with Gasteiger partial charge in [0.15, 0.2) is 4.34 Å². The number of nitrogens with two attached hydrogens (primary N) is 1. The number of para-hydroxylation sites is 1. The van der Waals surface area contributed by atoms with E-state index in [0.717, 1.165) is 41.2 Å². The van der Waals surface area contributed by atoms with Crippen molar-refractivity contribution in [2.24, 2.45) is 0 Å². The lowest BCUT2D eigenvalue weighted by Crippen LogP contribution is -2.18. The van der Waals surface area contributed by atoms with Crippen LogP contribution < -0.4 is 16.4 Å². The van der Waals surface area contributed by atoms with E-state index in [-0.39, 0.29) is 17.3 Å². The van der Waals surface area contributed by atoms with Crippen molar-refractivity contribution in [3.8, 4) is 0 Å². The molecule has 1 aromatic carbocycles. The molecule has 3 aromatic rings. The predicted molar refractivity (Wildman–Crippen MR) is 116 cm³/mol. The number of rotatable bonds is 8. The highest BCUT2D eigenvalue weighted by Crippen LogP contribution is 2.36. The lowest BCUT2D eigenvalue weighted by atomic mass is 10.2. The number of ether oxygens (including phenoxy) is 1. The average molecular weight is 431 g/mol. The number of thioether (sulfide) groups is 1. The number of anilines is 4. The molecule has 0 saturated carbocycles. The van der Waals surface area contributed by atoms with Crippen LogP contribution in [0.2, 0.25) is 0 Å². The first kappa shape index (κ1) is 19.8. The van der Waals surface area contributed by atoms with Crippen LogP contribution in [-0.4, -0.2) is 44.4 Å². The van der Waals surface area contributed by atoms with Gasteiger partial charge in [0.05, 0.1) is 11.4 Å². The van der Waals surface area contributed by atoms with Gasteiger partial charge in [0.25, 0.3) is 0 Å². The zero-order chi connectivity index (χ0) is 20.1. The highest BCUT2D eigenvalue weighted by molar-refractivity contribution is 8.01. The minimum atomic E-state index is -0.0596. The van der Waals surface area contributed by atoms with E-state index in [1.54, 1.807) is 0 Å². The SMILES string of the molecule is CC(Sc1nnc(NCC2CCCO2)s1)c1nc(N)nc(Nc2ccccc2)n1. The monoisotopic (exact) mass is 430 g/mol. The molecular formula is C18H22N8OS2. The van der Waals surface area contributed by atoms with Crippen LogP contribution in [-0.2, 0) is 4.74 Å². The Balaban J connectivity index is 1.38. The van der Waals surface area contributed by atoms with Crippen LogP contribution in [0.5, 0.6) is 0 Å². The number of nitrogen functional groups attached to an aromatic ring is 1. The van der Waals surface area contributed by atoms with Gasteiger partial charge in [-0.1, -0.05) is 41.3 Å². The Morgan fingerprint density at radius 1 is 1.24 bits per heavy atom. The molecule has 11 heteroatoms. The summed E-state index contributed by atoms with van der Waals surface area (Å²) >= 11 is 3.04. The van der Waals surface area contributed by atoms with Gasteiger partial charge in [-0.3, -0.25) is 0 Å². The maximum absolute atomic E-state index is 5.89. The van der Waals surface area contributed by atoms with Gasteiger partial charge in [-0.2, -0.15) is 15.0 Å². The average Bonchev–Trinajstić information content (AvgIpc) is 3.38. The molecule has 1 fully saturated rings. The molecule has 1 aliphatic rings. The largest absolute Gasteiger partial charge is 0.376 e. The summed E-state index contributed by atoms with van der Waals surface area (Å²) in [5, 5.41) is 15.6. The van der Waals surface area contributed by atoms with Gasteiger partial charge in [0.1, 0.15) is 5.82 Å². The molecule has 1 aliphatic heterocycles. The minimum absolute atomic E-state index is 0.0596. The molecule has 152 valence electrons. The van der Waals surface area contributed by atoms with Crippen LogP contribution in [0.25, 0.3) is 0 Å². The summed E-state index contributed by atoms with van der Waals surface area (Å²) in [5.41, 5.74) is 6.77. The fourth-order valence-electron chi connectivity index (χ4n) is 2.84.